The van der Waals surface area contributed by atoms with Gasteiger partial charge in [0.1, 0.15) is 6.29 Å². The zero-order chi connectivity index (χ0) is 15.2. The molecule has 0 aliphatic heterocycles. The number of ether oxygens (including phenoxy) is 1. The molecule has 0 amide bonds. The van der Waals surface area contributed by atoms with Crippen molar-refractivity contribution in [3.05, 3.63) is 48.0 Å². The molecule has 0 spiro atoms. The van der Waals surface area contributed by atoms with Crippen LogP contribution in [0.4, 0.5) is 0 Å². The van der Waals surface area contributed by atoms with Crippen LogP contribution in [-0.2, 0) is 9.53 Å². The summed E-state index contributed by atoms with van der Waals surface area (Å²) in [5.41, 5.74) is 0.612. The van der Waals surface area contributed by atoms with Crippen molar-refractivity contribution in [2.24, 2.45) is 0 Å². The van der Waals surface area contributed by atoms with Crippen LogP contribution in [0.1, 0.15) is 55.3 Å². The zero-order valence-corrected chi connectivity index (χ0v) is 12.5. The first-order valence-corrected chi connectivity index (χ1v) is 7.67. The SMILES string of the molecule is O=C/C=C/CCCCCCCCOC(=O)c1ccccc1. The molecule has 21 heavy (non-hydrogen) atoms. The molecule has 0 saturated heterocycles. The summed E-state index contributed by atoms with van der Waals surface area (Å²) in [5.74, 6) is -0.238. The molecule has 0 radical (unpaired) electrons. The molecule has 0 atom stereocenters. The number of allylic oxidation sites excluding steroid dienone is 2. The van der Waals surface area contributed by atoms with E-state index in [9.17, 15) is 9.59 Å². The third-order valence-corrected chi connectivity index (χ3v) is 3.22. The van der Waals surface area contributed by atoms with Crippen molar-refractivity contribution in [2.45, 2.75) is 44.9 Å². The van der Waals surface area contributed by atoms with E-state index in [4.69, 9.17) is 4.74 Å². The quantitative estimate of drug-likeness (QED) is 0.263. The molecule has 1 rings (SSSR count). The molecule has 0 unspecified atom stereocenters. The second-order valence-corrected chi connectivity index (χ2v) is 4.98. The molecular weight excluding hydrogens is 264 g/mol. The predicted molar refractivity (Wildman–Crippen MR) is 84.2 cm³/mol. The van der Waals surface area contributed by atoms with Gasteiger partial charge >= 0.3 is 5.97 Å². The van der Waals surface area contributed by atoms with E-state index in [1.165, 1.54) is 19.3 Å². The molecule has 0 aliphatic carbocycles. The molecule has 1 aromatic rings. The van der Waals surface area contributed by atoms with Crippen molar-refractivity contribution in [1.29, 1.82) is 0 Å². The van der Waals surface area contributed by atoms with Crippen molar-refractivity contribution in [3.63, 3.8) is 0 Å². The Hall–Kier alpha value is -1.90. The topological polar surface area (TPSA) is 43.4 Å². The second kappa shape index (κ2) is 11.9. The van der Waals surface area contributed by atoms with Crippen LogP contribution in [-0.4, -0.2) is 18.9 Å². The molecule has 0 fully saturated rings. The highest BCUT2D eigenvalue weighted by molar-refractivity contribution is 5.89. The van der Waals surface area contributed by atoms with Crippen LogP contribution in [0.3, 0.4) is 0 Å². The maximum Gasteiger partial charge on any atom is 0.338 e. The number of aldehydes is 1. The van der Waals surface area contributed by atoms with Gasteiger partial charge in [-0.2, -0.15) is 0 Å². The molecule has 0 bridgehead atoms. The van der Waals surface area contributed by atoms with Gasteiger partial charge in [-0.15, -0.1) is 0 Å². The monoisotopic (exact) mass is 288 g/mol. The highest BCUT2D eigenvalue weighted by Crippen LogP contribution is 2.08. The van der Waals surface area contributed by atoms with Crippen LogP contribution < -0.4 is 0 Å². The zero-order valence-electron chi connectivity index (χ0n) is 12.5. The van der Waals surface area contributed by atoms with Crippen molar-refractivity contribution in [3.8, 4) is 0 Å². The Morgan fingerprint density at radius 1 is 0.952 bits per heavy atom. The molecule has 0 saturated carbocycles. The molecule has 3 nitrogen and oxygen atoms in total. The minimum atomic E-state index is -0.238. The number of unbranched alkanes of at least 4 members (excludes halogenated alkanes) is 6. The van der Waals surface area contributed by atoms with Crippen molar-refractivity contribution >= 4 is 12.3 Å². The molecule has 3 heteroatoms. The van der Waals surface area contributed by atoms with Gasteiger partial charge in [-0.1, -0.05) is 50.0 Å². The number of rotatable bonds is 11. The van der Waals surface area contributed by atoms with Crippen LogP contribution in [0.15, 0.2) is 42.5 Å². The number of hydrogen-bond donors (Lipinski definition) is 0. The maximum absolute atomic E-state index is 11.7. The molecule has 0 aliphatic rings. The smallest absolute Gasteiger partial charge is 0.338 e. The number of esters is 1. The van der Waals surface area contributed by atoms with Crippen LogP contribution >= 0.6 is 0 Å². The summed E-state index contributed by atoms with van der Waals surface area (Å²) in [6.45, 7) is 0.496. The molecule has 1 aromatic carbocycles. The average molecular weight is 288 g/mol. The van der Waals surface area contributed by atoms with Crippen molar-refractivity contribution in [1.82, 2.24) is 0 Å². The van der Waals surface area contributed by atoms with Crippen molar-refractivity contribution < 1.29 is 14.3 Å². The van der Waals surface area contributed by atoms with Crippen LogP contribution in [0.5, 0.6) is 0 Å². The molecule has 0 heterocycles. The van der Waals surface area contributed by atoms with Crippen LogP contribution in [0.25, 0.3) is 0 Å². The standard InChI is InChI=1S/C18H24O3/c19-15-11-6-4-2-1-3-5-7-12-16-21-18(20)17-13-9-8-10-14-17/h6,8-11,13-15H,1-5,7,12,16H2/b11-6+. The fourth-order valence-electron chi connectivity index (χ4n) is 2.05. The Morgan fingerprint density at radius 2 is 1.62 bits per heavy atom. The Balaban J connectivity index is 1.92. The van der Waals surface area contributed by atoms with Crippen LogP contribution in [0, 0.1) is 0 Å². The Labute approximate surface area is 127 Å². The summed E-state index contributed by atoms with van der Waals surface area (Å²) in [4.78, 5) is 21.7. The molecule has 114 valence electrons. The third-order valence-electron chi connectivity index (χ3n) is 3.22. The Kier molecular flexibility index (Phi) is 9.71. The summed E-state index contributed by atoms with van der Waals surface area (Å²) in [7, 11) is 0. The largest absolute Gasteiger partial charge is 0.462 e. The van der Waals surface area contributed by atoms with Gasteiger partial charge in [0.2, 0.25) is 0 Å². The molecule has 0 N–H and O–H groups in total. The van der Waals surface area contributed by atoms with Crippen molar-refractivity contribution in [2.75, 3.05) is 6.61 Å². The highest BCUT2D eigenvalue weighted by Gasteiger charge is 2.04. The lowest BCUT2D eigenvalue weighted by Crippen LogP contribution is -2.06. The third kappa shape index (κ3) is 8.79. The van der Waals surface area contributed by atoms with E-state index < -0.39 is 0 Å². The first kappa shape index (κ1) is 17.2. The van der Waals surface area contributed by atoms with Gasteiger partial charge in [0.15, 0.2) is 0 Å². The number of carbonyl (C=O) groups excluding carboxylic acids is 2. The summed E-state index contributed by atoms with van der Waals surface area (Å²) < 4.78 is 5.22. The van der Waals surface area contributed by atoms with Gasteiger partial charge in [0.05, 0.1) is 12.2 Å². The first-order valence-electron chi connectivity index (χ1n) is 7.67. The van der Waals surface area contributed by atoms with E-state index >= 15 is 0 Å². The predicted octanol–water partition coefficient (Wildman–Crippen LogP) is 4.33. The lowest BCUT2D eigenvalue weighted by atomic mass is 10.1. The van der Waals surface area contributed by atoms with E-state index in [2.05, 4.69) is 0 Å². The fourth-order valence-corrected chi connectivity index (χ4v) is 2.05. The fraction of sp³-hybridized carbons (Fsp3) is 0.444. The first-order chi connectivity index (χ1) is 10.3. The normalized spacial score (nSPS) is 10.7. The van der Waals surface area contributed by atoms with Gasteiger partial charge < -0.3 is 4.74 Å². The lowest BCUT2D eigenvalue weighted by molar-refractivity contribution is -0.104. The van der Waals surface area contributed by atoms with E-state index in [1.54, 1.807) is 18.2 Å². The highest BCUT2D eigenvalue weighted by atomic mass is 16.5. The lowest BCUT2D eigenvalue weighted by Gasteiger charge is -2.04. The number of benzene rings is 1. The van der Waals surface area contributed by atoms with Gasteiger partial charge in [-0.3, -0.25) is 4.79 Å². The minimum absolute atomic E-state index is 0.238. The summed E-state index contributed by atoms with van der Waals surface area (Å²) >= 11 is 0. The van der Waals surface area contributed by atoms with Crippen LogP contribution in [0.2, 0.25) is 0 Å². The average Bonchev–Trinajstić information content (AvgIpc) is 2.53. The number of carbonyl (C=O) groups is 2. The Morgan fingerprint density at radius 3 is 2.33 bits per heavy atom. The summed E-state index contributed by atoms with van der Waals surface area (Å²) in [6, 6.07) is 9.08. The summed E-state index contributed by atoms with van der Waals surface area (Å²) in [6.07, 6.45) is 12.0. The van der Waals surface area contributed by atoms with Gasteiger partial charge in [0, 0.05) is 0 Å². The van der Waals surface area contributed by atoms with E-state index in [-0.39, 0.29) is 5.97 Å². The van der Waals surface area contributed by atoms with Gasteiger partial charge in [0.25, 0.3) is 0 Å². The molecular formula is C18H24O3. The molecule has 0 aromatic heterocycles. The van der Waals surface area contributed by atoms with Gasteiger partial charge in [-0.05, 0) is 37.5 Å². The second-order valence-electron chi connectivity index (χ2n) is 4.98. The summed E-state index contributed by atoms with van der Waals surface area (Å²) in [5, 5.41) is 0. The minimum Gasteiger partial charge on any atom is -0.462 e. The van der Waals surface area contributed by atoms with E-state index in [1.807, 2.05) is 24.3 Å². The van der Waals surface area contributed by atoms with E-state index in [0.717, 1.165) is 32.0 Å². The van der Waals surface area contributed by atoms with E-state index in [0.29, 0.717) is 12.2 Å². The Bertz CT molecular complexity index is 423. The number of hydrogen-bond acceptors (Lipinski definition) is 3. The van der Waals surface area contributed by atoms with Gasteiger partial charge in [-0.25, -0.2) is 4.79 Å². The maximum atomic E-state index is 11.7.